The zero-order chi connectivity index (χ0) is 22.2. The molecule has 0 fully saturated rings. The van der Waals surface area contributed by atoms with Crippen molar-refractivity contribution in [3.05, 3.63) is 87.0 Å². The van der Waals surface area contributed by atoms with Crippen LogP contribution >= 0.6 is 22.7 Å². The average molecular weight is 457 g/mol. The minimum atomic E-state index is -0.177. The highest BCUT2D eigenvalue weighted by atomic mass is 32.1. The molecule has 0 aliphatic heterocycles. The van der Waals surface area contributed by atoms with Gasteiger partial charge in [0, 0.05) is 33.5 Å². The summed E-state index contributed by atoms with van der Waals surface area (Å²) in [5.41, 5.74) is 4.66. The summed E-state index contributed by atoms with van der Waals surface area (Å²) in [4.78, 5) is 25.1. The molecule has 0 amide bonds. The van der Waals surface area contributed by atoms with Crippen molar-refractivity contribution < 1.29 is 0 Å². The Morgan fingerprint density at radius 1 is 0.750 bits per heavy atom. The monoisotopic (exact) mass is 456 g/mol. The van der Waals surface area contributed by atoms with Crippen LogP contribution in [0.2, 0.25) is 0 Å². The number of aryl methyl sites for hydroxylation is 3. The van der Waals surface area contributed by atoms with E-state index in [1.807, 2.05) is 74.5 Å². The molecule has 0 saturated carbocycles. The summed E-state index contributed by atoms with van der Waals surface area (Å²) in [6, 6.07) is 20.1. The minimum Gasteiger partial charge on any atom is -0.267 e. The fourth-order valence-electron chi connectivity index (χ4n) is 3.63. The van der Waals surface area contributed by atoms with Gasteiger partial charge >= 0.3 is 0 Å². The number of nitrogens with zero attached hydrogens (tertiary/aromatic N) is 4. The molecule has 3 aromatic heterocycles. The van der Waals surface area contributed by atoms with Gasteiger partial charge in [-0.05, 0) is 13.8 Å². The topological polar surface area (TPSA) is 60.7 Å². The third-order valence-corrected chi connectivity index (χ3v) is 7.30. The van der Waals surface area contributed by atoms with Gasteiger partial charge in [0.2, 0.25) is 0 Å². The summed E-state index contributed by atoms with van der Waals surface area (Å²) in [6.07, 6.45) is 1.73. The van der Waals surface area contributed by atoms with Gasteiger partial charge in [-0.15, -0.1) is 22.7 Å². The van der Waals surface area contributed by atoms with Crippen LogP contribution in [-0.4, -0.2) is 19.7 Å². The van der Waals surface area contributed by atoms with Gasteiger partial charge in [-0.25, -0.2) is 14.6 Å². The van der Waals surface area contributed by atoms with Crippen molar-refractivity contribution in [2.75, 3.05) is 0 Å². The highest BCUT2D eigenvalue weighted by Crippen LogP contribution is 2.39. The molecule has 32 heavy (non-hydrogen) atoms. The van der Waals surface area contributed by atoms with Crippen LogP contribution < -0.4 is 5.56 Å². The standard InChI is InChI=1S/C25H20N4OS2/c1-15-21(27-23(31-15)17-10-6-4-7-11-17)19-14-26-29(3)25(30)20(19)22-16(2)32-24(28-22)18-12-8-5-9-13-18/h4-14H,1-3H3. The first-order valence-corrected chi connectivity index (χ1v) is 11.8. The second-order valence-corrected chi connectivity index (χ2v) is 9.85. The maximum atomic E-state index is 13.3. The summed E-state index contributed by atoms with van der Waals surface area (Å²) >= 11 is 3.21. The Morgan fingerprint density at radius 2 is 1.25 bits per heavy atom. The number of benzene rings is 2. The second-order valence-electron chi connectivity index (χ2n) is 7.44. The molecule has 158 valence electrons. The van der Waals surface area contributed by atoms with Crippen molar-refractivity contribution in [1.29, 1.82) is 0 Å². The molecule has 7 heteroatoms. The SMILES string of the molecule is Cc1sc(-c2ccccc2)nc1-c1cnn(C)c(=O)c1-c1nc(-c2ccccc2)sc1C. The number of hydrogen-bond donors (Lipinski definition) is 0. The Bertz CT molecular complexity index is 1470. The Hall–Kier alpha value is -3.42. The first kappa shape index (κ1) is 20.5. The quantitative estimate of drug-likeness (QED) is 0.334. The lowest BCUT2D eigenvalue weighted by atomic mass is 10.0. The Kier molecular flexibility index (Phi) is 5.28. The van der Waals surface area contributed by atoms with Crippen LogP contribution in [-0.2, 0) is 7.05 Å². The Balaban J connectivity index is 1.70. The lowest BCUT2D eigenvalue weighted by molar-refractivity contribution is 0.710. The minimum absolute atomic E-state index is 0.177. The van der Waals surface area contributed by atoms with Crippen LogP contribution in [0, 0.1) is 13.8 Å². The molecule has 0 atom stereocenters. The van der Waals surface area contributed by atoms with E-state index in [1.165, 1.54) is 4.68 Å². The summed E-state index contributed by atoms with van der Waals surface area (Å²) in [7, 11) is 1.67. The van der Waals surface area contributed by atoms with Gasteiger partial charge in [-0.2, -0.15) is 5.10 Å². The van der Waals surface area contributed by atoms with Gasteiger partial charge < -0.3 is 0 Å². The van der Waals surface area contributed by atoms with Crippen LogP contribution in [0.5, 0.6) is 0 Å². The fourth-order valence-corrected chi connectivity index (χ4v) is 5.49. The summed E-state index contributed by atoms with van der Waals surface area (Å²) < 4.78 is 1.36. The van der Waals surface area contributed by atoms with Crippen LogP contribution in [0.3, 0.4) is 0 Å². The maximum Gasteiger partial charge on any atom is 0.276 e. The van der Waals surface area contributed by atoms with Crippen molar-refractivity contribution in [2.24, 2.45) is 7.05 Å². The van der Waals surface area contributed by atoms with Crippen molar-refractivity contribution in [3.8, 4) is 43.7 Å². The molecule has 0 radical (unpaired) electrons. The number of rotatable bonds is 4. The molecule has 0 aliphatic carbocycles. The largest absolute Gasteiger partial charge is 0.276 e. The van der Waals surface area contributed by atoms with Crippen molar-refractivity contribution >= 4 is 22.7 Å². The Labute approximate surface area is 193 Å². The molecular formula is C25H20N4OS2. The molecule has 3 heterocycles. The van der Waals surface area contributed by atoms with Gasteiger partial charge in [0.05, 0.1) is 23.1 Å². The molecule has 5 aromatic rings. The predicted octanol–water partition coefficient (Wildman–Crippen LogP) is 5.98. The zero-order valence-corrected chi connectivity index (χ0v) is 19.5. The van der Waals surface area contributed by atoms with E-state index in [9.17, 15) is 4.79 Å². The number of aromatic nitrogens is 4. The van der Waals surface area contributed by atoms with E-state index in [4.69, 9.17) is 9.97 Å². The second kappa shape index (κ2) is 8.26. The lowest BCUT2D eigenvalue weighted by Gasteiger charge is -2.08. The first-order valence-electron chi connectivity index (χ1n) is 10.2. The molecule has 5 nitrogen and oxygen atoms in total. The third kappa shape index (κ3) is 3.59. The van der Waals surface area contributed by atoms with Crippen molar-refractivity contribution in [1.82, 2.24) is 19.7 Å². The van der Waals surface area contributed by atoms with E-state index < -0.39 is 0 Å². The molecule has 5 rings (SSSR count). The van der Waals surface area contributed by atoms with Gasteiger partial charge in [-0.3, -0.25) is 4.79 Å². The molecule has 0 spiro atoms. The van der Waals surface area contributed by atoms with E-state index in [-0.39, 0.29) is 5.56 Å². The zero-order valence-electron chi connectivity index (χ0n) is 17.9. The van der Waals surface area contributed by atoms with Crippen molar-refractivity contribution in [2.45, 2.75) is 13.8 Å². The van der Waals surface area contributed by atoms with E-state index in [2.05, 4.69) is 5.10 Å². The molecule has 2 aromatic carbocycles. The van der Waals surface area contributed by atoms with Gasteiger partial charge in [0.1, 0.15) is 10.0 Å². The smallest absolute Gasteiger partial charge is 0.267 e. The molecular weight excluding hydrogens is 436 g/mol. The van der Waals surface area contributed by atoms with Gasteiger partial charge in [0.25, 0.3) is 5.56 Å². The summed E-state index contributed by atoms with van der Waals surface area (Å²) in [5, 5.41) is 6.12. The molecule has 0 N–H and O–H groups in total. The number of hydrogen-bond acceptors (Lipinski definition) is 6. The van der Waals surface area contributed by atoms with Crippen LogP contribution in [0.1, 0.15) is 9.75 Å². The van der Waals surface area contributed by atoms with Gasteiger partial charge in [-0.1, -0.05) is 60.7 Å². The summed E-state index contributed by atoms with van der Waals surface area (Å²) in [6.45, 7) is 4.04. The van der Waals surface area contributed by atoms with E-state index in [0.717, 1.165) is 42.2 Å². The van der Waals surface area contributed by atoms with Crippen LogP contribution in [0.15, 0.2) is 71.7 Å². The maximum absolute atomic E-state index is 13.3. The predicted molar refractivity (Wildman–Crippen MR) is 132 cm³/mol. The molecule has 0 unspecified atom stereocenters. The summed E-state index contributed by atoms with van der Waals surface area (Å²) in [5.74, 6) is 0. The van der Waals surface area contributed by atoms with Crippen LogP contribution in [0.25, 0.3) is 43.7 Å². The highest BCUT2D eigenvalue weighted by molar-refractivity contribution is 7.15. The third-order valence-electron chi connectivity index (χ3n) is 5.26. The van der Waals surface area contributed by atoms with Gasteiger partial charge in [0.15, 0.2) is 0 Å². The Morgan fingerprint density at radius 3 is 1.81 bits per heavy atom. The molecule has 0 saturated heterocycles. The first-order chi connectivity index (χ1) is 15.5. The van der Waals surface area contributed by atoms with E-state index in [0.29, 0.717) is 11.3 Å². The normalized spacial score (nSPS) is 11.1. The molecule has 0 bridgehead atoms. The van der Waals surface area contributed by atoms with E-state index in [1.54, 1.807) is 35.9 Å². The van der Waals surface area contributed by atoms with Crippen LogP contribution in [0.4, 0.5) is 0 Å². The molecule has 0 aliphatic rings. The van der Waals surface area contributed by atoms with Crippen molar-refractivity contribution in [3.63, 3.8) is 0 Å². The average Bonchev–Trinajstić information content (AvgIpc) is 3.39. The highest BCUT2D eigenvalue weighted by Gasteiger charge is 2.23. The number of thiazole rings is 2. The lowest BCUT2D eigenvalue weighted by Crippen LogP contribution is -2.22. The van der Waals surface area contributed by atoms with E-state index >= 15 is 0 Å². The fraction of sp³-hybridized carbons (Fsp3) is 0.120.